The summed E-state index contributed by atoms with van der Waals surface area (Å²) in [5.74, 6) is -6.40. The standard InChI is InChI=1S/C32H28F4N2O5S/c1-3-42-30(40)25-21(23-9-6-14-44-23)16-22-26(28(25)39)24(17-7-5-8-19(33)15-17)27(31(41)43-4-2)29(37)38(22)20-12-10-18(11-13-20)32(34,35)36/h5-15,21,24-25H,3-4,16,37H2,1-2H3/t21-,24+,25-/m1/s1. The maximum Gasteiger partial charge on any atom is 0.416 e. The molecule has 3 atom stereocenters. The minimum Gasteiger partial charge on any atom is -0.465 e. The number of ketones is 1. The van der Waals surface area contributed by atoms with Gasteiger partial charge < -0.3 is 15.2 Å². The normalized spacial score (nSPS) is 20.5. The van der Waals surface area contributed by atoms with Gasteiger partial charge in [-0.2, -0.15) is 13.2 Å². The molecule has 5 rings (SSSR count). The van der Waals surface area contributed by atoms with E-state index >= 15 is 0 Å². The Balaban J connectivity index is 1.81. The third kappa shape index (κ3) is 5.61. The summed E-state index contributed by atoms with van der Waals surface area (Å²) in [6.07, 6.45) is -4.57. The first-order chi connectivity index (χ1) is 21.0. The van der Waals surface area contributed by atoms with Crippen molar-refractivity contribution in [1.29, 1.82) is 0 Å². The molecule has 1 aliphatic heterocycles. The van der Waals surface area contributed by atoms with E-state index in [1.54, 1.807) is 31.4 Å². The van der Waals surface area contributed by atoms with Crippen LogP contribution >= 0.6 is 11.3 Å². The number of nitrogens with two attached hydrogens (primary N) is 1. The Kier molecular flexibility index (Phi) is 8.64. The Morgan fingerprint density at radius 2 is 1.73 bits per heavy atom. The number of anilines is 1. The van der Waals surface area contributed by atoms with Gasteiger partial charge in [0.05, 0.1) is 30.3 Å². The quantitative estimate of drug-likeness (QED) is 0.183. The molecule has 0 saturated heterocycles. The van der Waals surface area contributed by atoms with Crippen LogP contribution in [0, 0.1) is 11.7 Å². The van der Waals surface area contributed by atoms with Crippen molar-refractivity contribution >= 4 is 34.7 Å². The minimum atomic E-state index is -4.61. The summed E-state index contributed by atoms with van der Waals surface area (Å²) in [7, 11) is 0. The van der Waals surface area contributed by atoms with Gasteiger partial charge in [-0.3, -0.25) is 14.5 Å². The van der Waals surface area contributed by atoms with Crippen LogP contribution < -0.4 is 10.6 Å². The molecule has 7 nitrogen and oxygen atoms in total. The Morgan fingerprint density at radius 1 is 1.02 bits per heavy atom. The van der Waals surface area contributed by atoms with Crippen LogP contribution in [0.1, 0.15) is 48.1 Å². The number of rotatable bonds is 7. The maximum absolute atomic E-state index is 14.6. The lowest BCUT2D eigenvalue weighted by molar-refractivity contribution is -0.152. The van der Waals surface area contributed by atoms with E-state index in [9.17, 15) is 31.9 Å². The molecule has 0 bridgehead atoms. The number of hydrogen-bond acceptors (Lipinski definition) is 8. The molecule has 2 aliphatic rings. The highest BCUT2D eigenvalue weighted by molar-refractivity contribution is 7.10. The van der Waals surface area contributed by atoms with Crippen molar-refractivity contribution < 1.29 is 41.4 Å². The summed E-state index contributed by atoms with van der Waals surface area (Å²) < 4.78 is 65.6. The molecular formula is C32H28F4N2O5S. The number of carbonyl (C=O) groups excluding carboxylic acids is 3. The first kappa shape index (κ1) is 31.0. The van der Waals surface area contributed by atoms with Crippen molar-refractivity contribution in [3.05, 3.63) is 111 Å². The average molecular weight is 629 g/mol. The number of ether oxygens (including phenoxy) is 2. The van der Waals surface area contributed by atoms with E-state index in [4.69, 9.17) is 15.2 Å². The van der Waals surface area contributed by atoms with Gasteiger partial charge in [0.25, 0.3) is 0 Å². The second-order valence-corrected chi connectivity index (χ2v) is 11.1. The molecule has 230 valence electrons. The minimum absolute atomic E-state index is 0.0115. The van der Waals surface area contributed by atoms with Crippen LogP contribution in [-0.4, -0.2) is 30.9 Å². The highest BCUT2D eigenvalue weighted by atomic mass is 32.1. The van der Waals surface area contributed by atoms with Crippen LogP contribution in [0.2, 0.25) is 0 Å². The maximum atomic E-state index is 14.6. The first-order valence-corrected chi connectivity index (χ1v) is 14.7. The molecule has 0 radical (unpaired) electrons. The molecule has 0 unspecified atom stereocenters. The molecule has 12 heteroatoms. The molecule has 0 saturated carbocycles. The molecular weight excluding hydrogens is 600 g/mol. The molecule has 2 N–H and O–H groups in total. The predicted octanol–water partition coefficient (Wildman–Crippen LogP) is 6.43. The number of alkyl halides is 3. The molecule has 1 aromatic heterocycles. The number of esters is 2. The van der Waals surface area contributed by atoms with E-state index in [0.717, 1.165) is 18.2 Å². The van der Waals surface area contributed by atoms with E-state index in [1.807, 2.05) is 0 Å². The van der Waals surface area contributed by atoms with Gasteiger partial charge in [-0.25, -0.2) is 9.18 Å². The fourth-order valence-electron chi connectivity index (χ4n) is 5.82. The topological polar surface area (TPSA) is 98.9 Å². The molecule has 0 amide bonds. The summed E-state index contributed by atoms with van der Waals surface area (Å²) in [5.41, 5.74) is 6.19. The highest BCUT2D eigenvalue weighted by Crippen LogP contribution is 2.52. The predicted molar refractivity (Wildman–Crippen MR) is 155 cm³/mol. The highest BCUT2D eigenvalue weighted by Gasteiger charge is 2.51. The van der Waals surface area contributed by atoms with Crippen molar-refractivity contribution in [3.8, 4) is 0 Å². The first-order valence-electron chi connectivity index (χ1n) is 13.8. The third-order valence-corrected chi connectivity index (χ3v) is 8.62. The summed E-state index contributed by atoms with van der Waals surface area (Å²) >= 11 is 1.33. The van der Waals surface area contributed by atoms with Crippen LogP contribution in [0.3, 0.4) is 0 Å². The molecule has 44 heavy (non-hydrogen) atoms. The zero-order valence-corrected chi connectivity index (χ0v) is 24.5. The Hall–Kier alpha value is -4.45. The molecule has 0 fully saturated rings. The zero-order chi connectivity index (χ0) is 31.8. The van der Waals surface area contributed by atoms with Gasteiger partial charge in [-0.15, -0.1) is 11.3 Å². The van der Waals surface area contributed by atoms with Crippen LogP contribution in [-0.2, 0) is 30.0 Å². The van der Waals surface area contributed by atoms with E-state index in [2.05, 4.69) is 0 Å². The summed E-state index contributed by atoms with van der Waals surface area (Å²) in [4.78, 5) is 43.6. The summed E-state index contributed by atoms with van der Waals surface area (Å²) in [5, 5.41) is 1.79. The summed E-state index contributed by atoms with van der Waals surface area (Å²) in [6.45, 7) is 3.14. The SMILES string of the molecule is CCOC(=O)C1=C(N)N(c2ccc(C(F)(F)F)cc2)C2=C(C(=O)[C@H](C(=O)OCC)[C@@H](c3cccs3)C2)[C@@H]1c1cccc(F)c1. The number of nitrogens with zero attached hydrogens (tertiary/aromatic N) is 1. The van der Waals surface area contributed by atoms with Crippen molar-refractivity contribution in [2.75, 3.05) is 18.1 Å². The number of hydrogen-bond donors (Lipinski definition) is 1. The van der Waals surface area contributed by atoms with Crippen LogP contribution in [0.15, 0.2) is 88.7 Å². The van der Waals surface area contributed by atoms with E-state index in [-0.39, 0.29) is 53.5 Å². The molecule has 0 spiro atoms. The smallest absolute Gasteiger partial charge is 0.416 e. The number of allylic oxidation sites excluding steroid dienone is 2. The monoisotopic (exact) mass is 628 g/mol. The van der Waals surface area contributed by atoms with Crippen molar-refractivity contribution in [2.45, 2.75) is 38.3 Å². The fourth-order valence-corrected chi connectivity index (χ4v) is 6.69. The largest absolute Gasteiger partial charge is 0.465 e. The number of thiophene rings is 1. The van der Waals surface area contributed by atoms with Gasteiger partial charge in [-0.05, 0) is 73.7 Å². The van der Waals surface area contributed by atoms with Gasteiger partial charge in [-0.1, -0.05) is 18.2 Å². The fraction of sp³-hybridized carbons (Fsp3) is 0.281. The third-order valence-electron chi connectivity index (χ3n) is 7.62. The lowest BCUT2D eigenvalue weighted by Gasteiger charge is -2.43. The van der Waals surface area contributed by atoms with E-state index < -0.39 is 53.0 Å². The van der Waals surface area contributed by atoms with Crippen molar-refractivity contribution in [1.82, 2.24) is 0 Å². The van der Waals surface area contributed by atoms with Gasteiger partial charge in [0.15, 0.2) is 5.78 Å². The number of Topliss-reactive ketones (excluding diaryl/α,β-unsaturated/α-hetero) is 1. The van der Waals surface area contributed by atoms with Gasteiger partial charge in [0.1, 0.15) is 17.6 Å². The Morgan fingerprint density at radius 3 is 2.32 bits per heavy atom. The zero-order valence-electron chi connectivity index (χ0n) is 23.7. The molecule has 2 aromatic carbocycles. The van der Waals surface area contributed by atoms with E-state index in [0.29, 0.717) is 4.88 Å². The number of carbonyl (C=O) groups is 3. The lowest BCUT2D eigenvalue weighted by Crippen LogP contribution is -2.46. The Bertz CT molecular complexity index is 1650. The Labute approximate surface area is 254 Å². The van der Waals surface area contributed by atoms with Crippen LogP contribution in [0.5, 0.6) is 0 Å². The second-order valence-electron chi connectivity index (χ2n) is 10.2. The van der Waals surface area contributed by atoms with Crippen LogP contribution in [0.4, 0.5) is 23.2 Å². The lowest BCUT2D eigenvalue weighted by atomic mass is 9.68. The number of benzene rings is 2. The second kappa shape index (κ2) is 12.3. The average Bonchev–Trinajstić information content (AvgIpc) is 3.51. The van der Waals surface area contributed by atoms with Crippen molar-refractivity contribution in [3.63, 3.8) is 0 Å². The van der Waals surface area contributed by atoms with Gasteiger partial charge >= 0.3 is 18.1 Å². The van der Waals surface area contributed by atoms with Gasteiger partial charge in [0.2, 0.25) is 0 Å². The summed E-state index contributed by atoms with van der Waals surface area (Å²) in [6, 6.07) is 13.0. The molecule has 1 aliphatic carbocycles. The number of halogens is 4. The van der Waals surface area contributed by atoms with Crippen molar-refractivity contribution in [2.24, 2.45) is 11.7 Å². The van der Waals surface area contributed by atoms with E-state index in [1.165, 1.54) is 46.6 Å². The van der Waals surface area contributed by atoms with Crippen LogP contribution in [0.25, 0.3) is 0 Å². The van der Waals surface area contributed by atoms with Gasteiger partial charge in [0, 0.05) is 27.8 Å². The molecule has 2 heterocycles. The molecule has 3 aromatic rings.